The molecule has 0 amide bonds. The zero-order valence-electron chi connectivity index (χ0n) is 14.7. The molecule has 0 spiro atoms. The molecular formula is C20H19BrF3NOS. The van der Waals surface area contributed by atoms with Crippen LogP contribution in [0.25, 0.3) is 10.4 Å². The quantitative estimate of drug-likeness (QED) is 0.483. The molecule has 0 saturated carbocycles. The van der Waals surface area contributed by atoms with Gasteiger partial charge < -0.3 is 9.64 Å². The molecule has 1 unspecified atom stereocenters. The van der Waals surface area contributed by atoms with Gasteiger partial charge in [0.05, 0.1) is 0 Å². The molecule has 0 aliphatic heterocycles. The van der Waals surface area contributed by atoms with Crippen molar-refractivity contribution in [3.05, 3.63) is 69.7 Å². The van der Waals surface area contributed by atoms with Crippen molar-refractivity contribution in [2.75, 3.05) is 13.6 Å². The number of rotatable bonds is 6. The molecular weight excluding hydrogens is 439 g/mol. The molecule has 3 rings (SSSR count). The van der Waals surface area contributed by atoms with Crippen LogP contribution in [0.15, 0.2) is 64.9 Å². The molecule has 0 bridgehead atoms. The zero-order valence-corrected chi connectivity index (χ0v) is 17.1. The largest absolute Gasteiger partial charge is 0.573 e. The molecule has 27 heavy (non-hydrogen) atoms. The number of hydrogen-bond donors (Lipinski definition) is 0. The summed E-state index contributed by atoms with van der Waals surface area (Å²) in [6.07, 6.45) is 0.612. The fourth-order valence-corrected chi connectivity index (χ4v) is 4.31. The van der Waals surface area contributed by atoms with Crippen LogP contribution in [0.5, 0.6) is 0 Å². The van der Waals surface area contributed by atoms with Crippen molar-refractivity contribution in [1.29, 1.82) is 0 Å². The Morgan fingerprint density at radius 2 is 1.93 bits per heavy atom. The summed E-state index contributed by atoms with van der Waals surface area (Å²) < 4.78 is 41.7. The molecule has 7 heteroatoms. The standard InChI is InChI=1S/C20H19BrF3NOS/c1-25(12-14-2-8-17(9-3-14)26-20(22,23)24)13-18-10-11-19(27-18)15-4-6-16(21)7-5-15/h2,4-11,14H,3,12-13H2,1H3. The third-order valence-electron chi connectivity index (χ3n) is 4.15. The minimum absolute atomic E-state index is 0.126. The Bertz CT molecular complexity index is 826. The molecule has 1 aromatic heterocycles. The molecule has 1 heterocycles. The smallest absolute Gasteiger partial charge is 0.406 e. The van der Waals surface area contributed by atoms with Crippen LogP contribution in [0.2, 0.25) is 0 Å². The SMILES string of the molecule is CN(Cc1ccc(-c2ccc(Br)cc2)s1)CC1C=CC(OC(F)(F)F)=CC1. The van der Waals surface area contributed by atoms with Crippen LogP contribution >= 0.6 is 27.3 Å². The van der Waals surface area contributed by atoms with Gasteiger partial charge in [0.1, 0.15) is 5.76 Å². The highest BCUT2D eigenvalue weighted by molar-refractivity contribution is 9.10. The first-order valence-electron chi connectivity index (χ1n) is 8.46. The van der Waals surface area contributed by atoms with Gasteiger partial charge >= 0.3 is 6.36 Å². The van der Waals surface area contributed by atoms with E-state index in [9.17, 15) is 13.2 Å². The van der Waals surface area contributed by atoms with Gasteiger partial charge in [0.2, 0.25) is 0 Å². The third kappa shape index (κ3) is 6.23. The molecule has 1 aliphatic carbocycles. The molecule has 1 atom stereocenters. The lowest BCUT2D eigenvalue weighted by Gasteiger charge is -2.23. The number of ether oxygens (including phenoxy) is 1. The Morgan fingerprint density at radius 1 is 1.19 bits per heavy atom. The lowest BCUT2D eigenvalue weighted by molar-refractivity contribution is -0.303. The van der Waals surface area contributed by atoms with Gasteiger partial charge in [0.15, 0.2) is 0 Å². The molecule has 0 N–H and O–H groups in total. The average molecular weight is 458 g/mol. The number of allylic oxidation sites excluding steroid dienone is 2. The number of nitrogens with zero attached hydrogens (tertiary/aromatic N) is 1. The number of alkyl halides is 3. The second-order valence-corrected chi connectivity index (χ2v) is 8.56. The van der Waals surface area contributed by atoms with Crippen LogP contribution < -0.4 is 0 Å². The summed E-state index contributed by atoms with van der Waals surface area (Å²) in [5.41, 5.74) is 1.19. The Hall–Kier alpha value is -1.57. The second kappa shape index (κ2) is 8.63. The van der Waals surface area contributed by atoms with Crippen LogP contribution in [-0.4, -0.2) is 24.9 Å². The Labute approximate surface area is 169 Å². The topological polar surface area (TPSA) is 12.5 Å². The van der Waals surface area contributed by atoms with Crippen molar-refractivity contribution in [1.82, 2.24) is 4.90 Å². The molecule has 0 radical (unpaired) electrons. The summed E-state index contributed by atoms with van der Waals surface area (Å²) in [6.45, 7) is 1.58. The van der Waals surface area contributed by atoms with E-state index in [4.69, 9.17) is 0 Å². The molecule has 0 fully saturated rings. The summed E-state index contributed by atoms with van der Waals surface area (Å²) >= 11 is 5.20. The fourth-order valence-electron chi connectivity index (χ4n) is 2.95. The minimum atomic E-state index is -4.63. The Balaban J connectivity index is 1.51. The first-order chi connectivity index (χ1) is 12.8. The summed E-state index contributed by atoms with van der Waals surface area (Å²) in [7, 11) is 2.03. The van der Waals surface area contributed by atoms with Crippen molar-refractivity contribution in [3.63, 3.8) is 0 Å². The van der Waals surface area contributed by atoms with Gasteiger partial charge in [0.25, 0.3) is 0 Å². The lowest BCUT2D eigenvalue weighted by atomic mass is 9.99. The predicted molar refractivity (Wildman–Crippen MR) is 106 cm³/mol. The highest BCUT2D eigenvalue weighted by atomic mass is 79.9. The van der Waals surface area contributed by atoms with Crippen LogP contribution in [-0.2, 0) is 11.3 Å². The van der Waals surface area contributed by atoms with E-state index in [1.165, 1.54) is 27.5 Å². The Kier molecular flexibility index (Phi) is 6.44. The highest BCUT2D eigenvalue weighted by Crippen LogP contribution is 2.30. The van der Waals surface area contributed by atoms with E-state index in [0.717, 1.165) is 17.6 Å². The number of thiophene rings is 1. The third-order valence-corrected chi connectivity index (χ3v) is 5.80. The van der Waals surface area contributed by atoms with E-state index < -0.39 is 6.36 Å². The molecule has 0 saturated heterocycles. The van der Waals surface area contributed by atoms with Crippen LogP contribution in [0.4, 0.5) is 13.2 Å². The maximum atomic E-state index is 12.2. The second-order valence-electron chi connectivity index (χ2n) is 6.48. The monoisotopic (exact) mass is 457 g/mol. The van der Waals surface area contributed by atoms with Gasteiger partial charge in [-0.15, -0.1) is 24.5 Å². The predicted octanol–water partition coefficient (Wildman–Crippen LogP) is 6.61. The molecule has 2 aromatic rings. The average Bonchev–Trinajstić information content (AvgIpc) is 3.04. The minimum Gasteiger partial charge on any atom is -0.406 e. The van der Waals surface area contributed by atoms with Gasteiger partial charge in [-0.1, -0.05) is 34.1 Å². The van der Waals surface area contributed by atoms with Gasteiger partial charge in [-0.2, -0.15) is 0 Å². The first kappa shape index (κ1) is 20.2. The fraction of sp³-hybridized carbons (Fsp3) is 0.300. The lowest BCUT2D eigenvalue weighted by Crippen LogP contribution is -2.25. The first-order valence-corrected chi connectivity index (χ1v) is 10.1. The van der Waals surface area contributed by atoms with Crippen LogP contribution in [0.1, 0.15) is 11.3 Å². The summed E-state index contributed by atoms with van der Waals surface area (Å²) in [5, 5.41) is 0. The molecule has 144 valence electrons. The Morgan fingerprint density at radius 3 is 2.56 bits per heavy atom. The molecule has 1 aliphatic rings. The van der Waals surface area contributed by atoms with Crippen molar-refractivity contribution >= 4 is 27.3 Å². The van der Waals surface area contributed by atoms with Crippen molar-refractivity contribution < 1.29 is 17.9 Å². The summed E-state index contributed by atoms with van der Waals surface area (Å²) in [5.74, 6) is 0.0558. The van der Waals surface area contributed by atoms with E-state index in [0.29, 0.717) is 6.42 Å². The van der Waals surface area contributed by atoms with E-state index in [1.54, 1.807) is 17.4 Å². The number of hydrogen-bond acceptors (Lipinski definition) is 3. The molecule has 1 aromatic carbocycles. The normalized spacial score (nSPS) is 17.3. The van der Waals surface area contributed by atoms with Crippen LogP contribution in [0.3, 0.4) is 0 Å². The van der Waals surface area contributed by atoms with E-state index in [-0.39, 0.29) is 11.7 Å². The van der Waals surface area contributed by atoms with E-state index >= 15 is 0 Å². The van der Waals surface area contributed by atoms with Gasteiger partial charge in [0, 0.05) is 27.3 Å². The van der Waals surface area contributed by atoms with Crippen molar-refractivity contribution in [3.8, 4) is 10.4 Å². The van der Waals surface area contributed by atoms with Crippen molar-refractivity contribution in [2.24, 2.45) is 5.92 Å². The van der Waals surface area contributed by atoms with Crippen LogP contribution in [0, 0.1) is 5.92 Å². The van der Waals surface area contributed by atoms with Gasteiger partial charge in [-0.25, -0.2) is 0 Å². The maximum absolute atomic E-state index is 12.2. The summed E-state index contributed by atoms with van der Waals surface area (Å²) in [6, 6.07) is 12.5. The highest BCUT2D eigenvalue weighted by Gasteiger charge is 2.32. The summed E-state index contributed by atoms with van der Waals surface area (Å²) in [4.78, 5) is 4.67. The van der Waals surface area contributed by atoms with E-state index in [2.05, 4.69) is 49.8 Å². The van der Waals surface area contributed by atoms with Gasteiger partial charge in [-0.05, 0) is 61.4 Å². The maximum Gasteiger partial charge on any atom is 0.573 e. The van der Waals surface area contributed by atoms with Gasteiger partial charge in [-0.3, -0.25) is 0 Å². The van der Waals surface area contributed by atoms with Crippen molar-refractivity contribution in [2.45, 2.75) is 19.3 Å². The zero-order chi connectivity index (χ0) is 19.4. The number of halogens is 4. The van der Waals surface area contributed by atoms with E-state index in [1.807, 2.05) is 19.2 Å². The number of benzene rings is 1. The molecule has 2 nitrogen and oxygen atoms in total.